The molecule has 1 unspecified atom stereocenters. The van der Waals surface area contributed by atoms with E-state index >= 15 is 0 Å². The number of aliphatic hydroxyl groups is 1. The van der Waals surface area contributed by atoms with Gasteiger partial charge in [0.05, 0.1) is 11.4 Å². The van der Waals surface area contributed by atoms with Crippen LogP contribution in [0.4, 0.5) is 13.2 Å². The van der Waals surface area contributed by atoms with Crippen molar-refractivity contribution in [3.63, 3.8) is 0 Å². The van der Waals surface area contributed by atoms with Gasteiger partial charge in [-0.15, -0.1) is 11.3 Å². The summed E-state index contributed by atoms with van der Waals surface area (Å²) in [6.07, 6.45) is -4.98. The average molecular weight is 379 g/mol. The molecule has 1 atom stereocenters. The zero-order valence-corrected chi connectivity index (χ0v) is 13.8. The third-order valence-corrected chi connectivity index (χ3v) is 4.64. The number of alkyl halides is 3. The minimum Gasteiger partial charge on any atom is -0.375 e. The first-order chi connectivity index (χ1) is 11.2. The number of hydrogen-bond acceptors (Lipinski definition) is 4. The molecule has 1 aromatic heterocycles. The van der Waals surface area contributed by atoms with Crippen LogP contribution in [0.3, 0.4) is 0 Å². The van der Waals surface area contributed by atoms with Crippen molar-refractivity contribution in [1.82, 2.24) is 5.32 Å². The van der Waals surface area contributed by atoms with Crippen molar-refractivity contribution < 1.29 is 23.1 Å². The highest BCUT2D eigenvalue weighted by Crippen LogP contribution is 2.39. The third-order valence-electron chi connectivity index (χ3n) is 3.41. The maximum Gasteiger partial charge on any atom is 0.423 e. The summed E-state index contributed by atoms with van der Waals surface area (Å²) in [7, 11) is 0. The van der Waals surface area contributed by atoms with Crippen molar-refractivity contribution in [2.45, 2.75) is 18.3 Å². The Balaban J connectivity index is 2.20. The van der Waals surface area contributed by atoms with E-state index in [2.05, 4.69) is 5.32 Å². The topological polar surface area (TPSA) is 75.4 Å². The van der Waals surface area contributed by atoms with Gasteiger partial charge in [-0.05, 0) is 34.7 Å². The molecule has 9 heteroatoms. The first kappa shape index (κ1) is 18.7. The maximum absolute atomic E-state index is 13.4. The number of halogens is 4. The van der Waals surface area contributed by atoms with Crippen LogP contribution >= 0.6 is 22.9 Å². The van der Waals surface area contributed by atoms with E-state index in [9.17, 15) is 23.1 Å². The summed E-state index contributed by atoms with van der Waals surface area (Å²) in [5.41, 5.74) is 2.50. The van der Waals surface area contributed by atoms with E-state index in [4.69, 9.17) is 17.3 Å². The summed E-state index contributed by atoms with van der Waals surface area (Å²) in [6.45, 7) is -0.798. The van der Waals surface area contributed by atoms with Gasteiger partial charge in [0.25, 0.3) is 5.91 Å². The van der Waals surface area contributed by atoms with Crippen LogP contribution in [0, 0.1) is 0 Å². The Morgan fingerprint density at radius 2 is 1.92 bits per heavy atom. The zero-order valence-electron chi connectivity index (χ0n) is 12.2. The molecule has 1 heterocycles. The molecule has 0 spiro atoms. The fraction of sp³-hybridized carbons (Fsp3) is 0.267. The molecule has 4 nitrogen and oxygen atoms in total. The number of carbonyl (C=O) groups excluding carboxylic acids is 1. The normalized spacial score (nSPS) is 14.2. The maximum atomic E-state index is 13.4. The second-order valence-electron chi connectivity index (χ2n) is 5.07. The Morgan fingerprint density at radius 1 is 1.29 bits per heavy atom. The average Bonchev–Trinajstić information content (AvgIpc) is 3.01. The molecule has 4 N–H and O–H groups in total. The Morgan fingerprint density at radius 3 is 2.42 bits per heavy atom. The monoisotopic (exact) mass is 378 g/mol. The van der Waals surface area contributed by atoms with Crippen LogP contribution in [0.1, 0.15) is 20.8 Å². The van der Waals surface area contributed by atoms with Crippen LogP contribution in [0.15, 0.2) is 35.7 Å². The lowest BCUT2D eigenvalue weighted by Crippen LogP contribution is -2.51. The van der Waals surface area contributed by atoms with Crippen molar-refractivity contribution in [2.24, 2.45) is 5.73 Å². The molecule has 130 valence electrons. The van der Waals surface area contributed by atoms with E-state index in [1.54, 1.807) is 5.38 Å². The van der Waals surface area contributed by atoms with Crippen LogP contribution in [-0.2, 0) is 12.1 Å². The molecule has 0 fully saturated rings. The zero-order chi connectivity index (χ0) is 18.0. The molecule has 0 radical (unpaired) electrons. The summed E-state index contributed by atoms with van der Waals surface area (Å²) < 4.78 is 40.1. The largest absolute Gasteiger partial charge is 0.423 e. The molecule has 1 aromatic carbocycles. The van der Waals surface area contributed by atoms with Crippen molar-refractivity contribution in [3.8, 4) is 0 Å². The highest BCUT2D eigenvalue weighted by Gasteiger charge is 2.55. The number of rotatable bonds is 5. The van der Waals surface area contributed by atoms with Gasteiger partial charge in [-0.1, -0.05) is 23.7 Å². The molecule has 2 rings (SSSR count). The van der Waals surface area contributed by atoms with Gasteiger partial charge in [-0.25, -0.2) is 0 Å². The quantitative estimate of drug-likeness (QED) is 0.748. The number of carbonyl (C=O) groups is 1. The molecule has 1 amide bonds. The van der Waals surface area contributed by atoms with Gasteiger partial charge in [0.15, 0.2) is 0 Å². The van der Waals surface area contributed by atoms with Gasteiger partial charge in [-0.3, -0.25) is 4.79 Å². The van der Waals surface area contributed by atoms with Gasteiger partial charge in [0, 0.05) is 11.6 Å². The van der Waals surface area contributed by atoms with Crippen LogP contribution in [0.2, 0.25) is 5.02 Å². The molecule has 0 saturated heterocycles. The van der Waals surface area contributed by atoms with E-state index in [0.717, 1.165) is 23.5 Å². The molecule has 0 bridgehead atoms. The Kier molecular flexibility index (Phi) is 5.54. The van der Waals surface area contributed by atoms with E-state index < -0.39 is 29.8 Å². The number of nitrogens with two attached hydrogens (primary N) is 1. The van der Waals surface area contributed by atoms with Crippen LogP contribution in [0.25, 0.3) is 0 Å². The molecule has 0 aliphatic heterocycles. The van der Waals surface area contributed by atoms with Gasteiger partial charge in [-0.2, -0.15) is 13.2 Å². The highest BCUT2D eigenvalue weighted by atomic mass is 35.5. The number of benzene rings is 1. The Bertz CT molecular complexity index is 718. The van der Waals surface area contributed by atoms with Crippen LogP contribution < -0.4 is 11.1 Å². The van der Waals surface area contributed by atoms with Gasteiger partial charge < -0.3 is 16.2 Å². The smallest absolute Gasteiger partial charge is 0.375 e. The van der Waals surface area contributed by atoms with Crippen molar-refractivity contribution in [2.75, 3.05) is 6.54 Å². The van der Waals surface area contributed by atoms with Crippen LogP contribution in [-0.4, -0.2) is 23.7 Å². The van der Waals surface area contributed by atoms with E-state index in [0.29, 0.717) is 5.56 Å². The molecular formula is C15H14ClF3N2O2S. The molecular weight excluding hydrogens is 365 g/mol. The number of nitrogens with one attached hydrogen (secondary N) is 1. The van der Waals surface area contributed by atoms with E-state index in [1.165, 1.54) is 18.2 Å². The lowest BCUT2D eigenvalue weighted by Gasteiger charge is -2.31. The molecule has 0 saturated carbocycles. The minimum atomic E-state index is -4.98. The fourth-order valence-corrected chi connectivity index (χ4v) is 2.96. The standard InChI is InChI=1S/C15H14ClF3N2O2S/c16-11-3-1-10(2-4-11)14(23,15(17,18)19)8-21-13(22)12-5-9(6-20)7-24-12/h1-5,7,23H,6,8,20H2,(H,21,22). The predicted molar refractivity (Wildman–Crippen MR) is 85.9 cm³/mol. The molecule has 2 aromatic rings. The van der Waals surface area contributed by atoms with Crippen LogP contribution in [0.5, 0.6) is 0 Å². The molecule has 24 heavy (non-hydrogen) atoms. The van der Waals surface area contributed by atoms with E-state index in [1.807, 2.05) is 0 Å². The fourth-order valence-electron chi connectivity index (χ4n) is 1.99. The lowest BCUT2D eigenvalue weighted by molar-refractivity contribution is -0.263. The Hall–Kier alpha value is -1.61. The highest BCUT2D eigenvalue weighted by molar-refractivity contribution is 7.12. The summed E-state index contributed by atoms with van der Waals surface area (Å²) in [4.78, 5) is 12.2. The molecule has 0 aliphatic carbocycles. The summed E-state index contributed by atoms with van der Waals surface area (Å²) in [6, 6.07) is 6.11. The first-order valence-corrected chi connectivity index (χ1v) is 8.04. The summed E-state index contributed by atoms with van der Waals surface area (Å²) >= 11 is 6.72. The second kappa shape index (κ2) is 7.10. The van der Waals surface area contributed by atoms with Crippen molar-refractivity contribution >= 4 is 28.8 Å². The van der Waals surface area contributed by atoms with Crippen molar-refractivity contribution in [3.05, 3.63) is 56.7 Å². The summed E-state index contributed by atoms with van der Waals surface area (Å²) in [5, 5.41) is 14.2. The number of thiophene rings is 1. The SMILES string of the molecule is NCc1csc(C(=O)NCC(O)(c2ccc(Cl)cc2)C(F)(F)F)c1. The summed E-state index contributed by atoms with van der Waals surface area (Å²) in [5.74, 6) is -0.712. The van der Waals surface area contributed by atoms with Gasteiger partial charge in [0.2, 0.25) is 5.60 Å². The van der Waals surface area contributed by atoms with Gasteiger partial charge >= 0.3 is 6.18 Å². The minimum absolute atomic E-state index is 0.219. The predicted octanol–water partition coefficient (Wildman–Crippen LogP) is 3.04. The number of amides is 1. The Labute approximate surface area is 145 Å². The first-order valence-electron chi connectivity index (χ1n) is 6.78. The number of hydrogen-bond donors (Lipinski definition) is 3. The van der Waals surface area contributed by atoms with Crippen molar-refractivity contribution in [1.29, 1.82) is 0 Å². The third kappa shape index (κ3) is 3.89. The van der Waals surface area contributed by atoms with E-state index in [-0.39, 0.29) is 16.4 Å². The van der Waals surface area contributed by atoms with Gasteiger partial charge in [0.1, 0.15) is 0 Å². The lowest BCUT2D eigenvalue weighted by atomic mass is 9.93. The second-order valence-corrected chi connectivity index (χ2v) is 6.42. The molecule has 0 aliphatic rings.